The Kier molecular flexibility index (Phi) is 5.50. The van der Waals surface area contributed by atoms with Crippen LogP contribution in [0.3, 0.4) is 0 Å². The Morgan fingerprint density at radius 1 is 1.25 bits per heavy atom. The average Bonchev–Trinajstić information content (AvgIpc) is 2.46. The van der Waals surface area contributed by atoms with Gasteiger partial charge in [0.2, 0.25) is 0 Å². The predicted octanol–water partition coefficient (Wildman–Crippen LogP) is -0.112. The van der Waals surface area contributed by atoms with Gasteiger partial charge in [0.1, 0.15) is 0 Å². The number of fused-ring (bicyclic) bond motifs is 1. The van der Waals surface area contributed by atoms with Gasteiger partial charge in [-0.2, -0.15) is 17.4 Å². The molecule has 2 rings (SSSR count). The Labute approximate surface area is 119 Å². The fourth-order valence-electron chi connectivity index (χ4n) is 2.18. The van der Waals surface area contributed by atoms with E-state index in [0.717, 1.165) is 12.0 Å². The molecule has 0 spiro atoms. The van der Waals surface area contributed by atoms with Crippen molar-refractivity contribution in [2.24, 2.45) is 0 Å². The molecule has 2 N–H and O–H groups in total. The van der Waals surface area contributed by atoms with Crippen LogP contribution in [0.5, 0.6) is 0 Å². The van der Waals surface area contributed by atoms with E-state index in [1.165, 1.54) is 9.87 Å². The molecule has 1 aromatic rings. The third-order valence-electron chi connectivity index (χ3n) is 3.20. The first-order chi connectivity index (χ1) is 9.63. The molecule has 0 atom stereocenters. The summed E-state index contributed by atoms with van der Waals surface area (Å²) in [5.74, 6) is 0. The molecule has 1 aliphatic heterocycles. The normalized spacial score (nSPS) is 16.1. The van der Waals surface area contributed by atoms with Crippen LogP contribution in [0.2, 0.25) is 0 Å². The van der Waals surface area contributed by atoms with Gasteiger partial charge in [-0.1, -0.05) is 24.3 Å². The highest BCUT2D eigenvalue weighted by atomic mass is 32.2. The summed E-state index contributed by atoms with van der Waals surface area (Å²) in [6.45, 7) is 1.52. The van der Waals surface area contributed by atoms with Crippen molar-refractivity contribution < 1.29 is 18.3 Å². The highest BCUT2D eigenvalue weighted by Gasteiger charge is 2.25. The Morgan fingerprint density at radius 3 is 2.75 bits per heavy atom. The van der Waals surface area contributed by atoms with E-state index in [9.17, 15) is 8.42 Å². The van der Waals surface area contributed by atoms with Crippen molar-refractivity contribution in [1.82, 2.24) is 9.03 Å². The van der Waals surface area contributed by atoms with E-state index in [1.807, 2.05) is 24.3 Å². The molecule has 0 unspecified atom stereocenters. The number of ether oxygens (including phenoxy) is 1. The summed E-state index contributed by atoms with van der Waals surface area (Å²) in [5.41, 5.74) is 2.27. The summed E-state index contributed by atoms with van der Waals surface area (Å²) in [6, 6.07) is 7.89. The molecule has 0 aliphatic carbocycles. The molecule has 0 radical (unpaired) electrons. The zero-order chi connectivity index (χ0) is 14.4. The second kappa shape index (κ2) is 7.14. The molecular formula is C13H20N2O4S. The Balaban J connectivity index is 1.88. The zero-order valence-corrected chi connectivity index (χ0v) is 12.1. The number of nitrogens with one attached hydrogen (secondary N) is 1. The van der Waals surface area contributed by atoms with E-state index < -0.39 is 10.2 Å². The number of aliphatic hydroxyl groups excluding tert-OH is 1. The van der Waals surface area contributed by atoms with Gasteiger partial charge in [-0.05, 0) is 17.5 Å². The van der Waals surface area contributed by atoms with E-state index in [0.29, 0.717) is 13.1 Å². The number of hydrogen-bond donors (Lipinski definition) is 2. The quantitative estimate of drug-likeness (QED) is 0.689. The van der Waals surface area contributed by atoms with E-state index in [-0.39, 0.29) is 26.4 Å². The molecule has 0 saturated heterocycles. The summed E-state index contributed by atoms with van der Waals surface area (Å²) in [5, 5.41) is 8.55. The van der Waals surface area contributed by atoms with Crippen molar-refractivity contribution in [1.29, 1.82) is 0 Å². The minimum absolute atomic E-state index is 0.0599. The Morgan fingerprint density at radius 2 is 2.00 bits per heavy atom. The first-order valence-corrected chi connectivity index (χ1v) is 8.07. The predicted molar refractivity (Wildman–Crippen MR) is 75.4 cm³/mol. The number of aliphatic hydroxyl groups is 1. The zero-order valence-electron chi connectivity index (χ0n) is 11.3. The maximum absolute atomic E-state index is 12.1. The van der Waals surface area contributed by atoms with Gasteiger partial charge >= 0.3 is 0 Å². The minimum atomic E-state index is -3.47. The van der Waals surface area contributed by atoms with Crippen LogP contribution in [0.1, 0.15) is 11.1 Å². The standard InChI is InChI=1S/C13H20N2O4S/c16-8-10-19-9-6-14-20(17,18)15-7-5-12-3-1-2-4-13(12)11-15/h1-4,14,16H,5-11H2. The van der Waals surface area contributed by atoms with E-state index in [4.69, 9.17) is 9.84 Å². The molecule has 1 aromatic carbocycles. The van der Waals surface area contributed by atoms with Crippen LogP contribution in [-0.2, 0) is 27.9 Å². The highest BCUT2D eigenvalue weighted by molar-refractivity contribution is 7.87. The van der Waals surface area contributed by atoms with Gasteiger partial charge < -0.3 is 9.84 Å². The van der Waals surface area contributed by atoms with Crippen molar-refractivity contribution in [2.75, 3.05) is 32.9 Å². The van der Waals surface area contributed by atoms with Crippen molar-refractivity contribution in [3.05, 3.63) is 35.4 Å². The SMILES string of the molecule is O=S(=O)(NCCOCCO)N1CCc2ccccc2C1. The van der Waals surface area contributed by atoms with Crippen LogP contribution in [0.25, 0.3) is 0 Å². The molecular weight excluding hydrogens is 280 g/mol. The van der Waals surface area contributed by atoms with Gasteiger partial charge in [0.15, 0.2) is 0 Å². The average molecular weight is 300 g/mol. The second-order valence-corrected chi connectivity index (χ2v) is 6.34. The molecule has 0 aromatic heterocycles. The lowest BCUT2D eigenvalue weighted by Gasteiger charge is -2.28. The topological polar surface area (TPSA) is 78.9 Å². The molecule has 112 valence electrons. The van der Waals surface area contributed by atoms with E-state index >= 15 is 0 Å². The lowest BCUT2D eigenvalue weighted by molar-refractivity contribution is 0.0959. The maximum atomic E-state index is 12.1. The van der Waals surface area contributed by atoms with Gasteiger partial charge in [-0.3, -0.25) is 0 Å². The minimum Gasteiger partial charge on any atom is -0.394 e. The van der Waals surface area contributed by atoms with Crippen LogP contribution < -0.4 is 4.72 Å². The molecule has 0 saturated carbocycles. The first kappa shape index (κ1) is 15.4. The fourth-order valence-corrected chi connectivity index (χ4v) is 3.34. The number of benzene rings is 1. The van der Waals surface area contributed by atoms with Gasteiger partial charge in [0.25, 0.3) is 10.2 Å². The van der Waals surface area contributed by atoms with Crippen LogP contribution in [0.4, 0.5) is 0 Å². The third-order valence-corrected chi connectivity index (χ3v) is 4.76. The van der Waals surface area contributed by atoms with Crippen molar-refractivity contribution >= 4 is 10.2 Å². The largest absolute Gasteiger partial charge is 0.394 e. The summed E-state index contributed by atoms with van der Waals surface area (Å²) in [7, 11) is -3.47. The molecule has 20 heavy (non-hydrogen) atoms. The second-order valence-electron chi connectivity index (χ2n) is 4.59. The van der Waals surface area contributed by atoms with Gasteiger partial charge in [-0.15, -0.1) is 0 Å². The first-order valence-electron chi connectivity index (χ1n) is 6.63. The highest BCUT2D eigenvalue weighted by Crippen LogP contribution is 2.19. The smallest absolute Gasteiger partial charge is 0.279 e. The lowest BCUT2D eigenvalue weighted by atomic mass is 10.0. The Hall–Kier alpha value is -0.990. The summed E-state index contributed by atoms with van der Waals surface area (Å²) in [6.07, 6.45) is 0.734. The molecule has 0 amide bonds. The molecule has 7 heteroatoms. The van der Waals surface area contributed by atoms with E-state index in [2.05, 4.69) is 4.72 Å². The van der Waals surface area contributed by atoms with Crippen molar-refractivity contribution in [2.45, 2.75) is 13.0 Å². The van der Waals surface area contributed by atoms with Crippen molar-refractivity contribution in [3.8, 4) is 0 Å². The molecule has 6 nitrogen and oxygen atoms in total. The fraction of sp³-hybridized carbons (Fsp3) is 0.538. The van der Waals surface area contributed by atoms with E-state index in [1.54, 1.807) is 0 Å². The van der Waals surface area contributed by atoms with Gasteiger partial charge in [-0.25, -0.2) is 0 Å². The van der Waals surface area contributed by atoms with Gasteiger partial charge in [0, 0.05) is 19.6 Å². The lowest BCUT2D eigenvalue weighted by Crippen LogP contribution is -2.44. The summed E-state index contributed by atoms with van der Waals surface area (Å²) >= 11 is 0. The molecule has 1 aliphatic rings. The van der Waals surface area contributed by atoms with Crippen LogP contribution >= 0.6 is 0 Å². The number of nitrogens with zero attached hydrogens (tertiary/aromatic N) is 1. The van der Waals surface area contributed by atoms with Crippen LogP contribution in [0, 0.1) is 0 Å². The molecule has 0 fully saturated rings. The molecule has 1 heterocycles. The van der Waals surface area contributed by atoms with Gasteiger partial charge in [0.05, 0.1) is 19.8 Å². The van der Waals surface area contributed by atoms with Crippen LogP contribution in [0.15, 0.2) is 24.3 Å². The number of rotatable bonds is 7. The number of hydrogen-bond acceptors (Lipinski definition) is 4. The summed E-state index contributed by atoms with van der Waals surface area (Å²) < 4.78 is 33.3. The molecule has 0 bridgehead atoms. The Bertz CT molecular complexity index is 533. The van der Waals surface area contributed by atoms with Crippen LogP contribution in [-0.4, -0.2) is 50.7 Å². The summed E-state index contributed by atoms with van der Waals surface area (Å²) in [4.78, 5) is 0. The monoisotopic (exact) mass is 300 g/mol. The van der Waals surface area contributed by atoms with Crippen molar-refractivity contribution in [3.63, 3.8) is 0 Å². The maximum Gasteiger partial charge on any atom is 0.279 e. The third kappa shape index (κ3) is 4.00.